The summed E-state index contributed by atoms with van der Waals surface area (Å²) in [5.41, 5.74) is 5.31. The van der Waals surface area contributed by atoms with Gasteiger partial charge in [0.05, 0.1) is 31.3 Å². The maximum atomic E-state index is 10.2. The summed E-state index contributed by atoms with van der Waals surface area (Å²) in [7, 11) is 0. The van der Waals surface area contributed by atoms with E-state index in [9.17, 15) is 20.4 Å². The lowest BCUT2D eigenvalue weighted by Gasteiger charge is -2.32. The number of unbranched alkanes of at least 4 members (excludes halogenated alkanes) is 15. The summed E-state index contributed by atoms with van der Waals surface area (Å²) in [5.74, 6) is 0. The van der Waals surface area contributed by atoms with Crippen LogP contribution in [0.1, 0.15) is 173 Å². The van der Waals surface area contributed by atoms with Crippen molar-refractivity contribution >= 4 is 0 Å². The fraction of sp³-hybridized carbons (Fsp3) is 0.842. The molecule has 42 heavy (non-hydrogen) atoms. The van der Waals surface area contributed by atoms with E-state index < -0.39 is 31.3 Å². The Morgan fingerprint density at radius 2 is 0.833 bits per heavy atom. The molecule has 1 unspecified atom stereocenters. The lowest BCUT2D eigenvalue weighted by Crippen LogP contribution is -2.45. The average Bonchev–Trinajstić information content (AvgIpc) is 2.92. The van der Waals surface area contributed by atoms with Crippen molar-refractivity contribution in [3.05, 3.63) is 34.4 Å². The summed E-state index contributed by atoms with van der Waals surface area (Å²) in [5, 5.41) is 38.4. The molecule has 0 heterocycles. The van der Waals surface area contributed by atoms with Gasteiger partial charge in [0.15, 0.2) is 0 Å². The van der Waals surface area contributed by atoms with Crippen LogP contribution in [0, 0.1) is 12.3 Å². The van der Waals surface area contributed by atoms with Gasteiger partial charge in [-0.15, -0.1) is 0 Å². The molecule has 4 heteroatoms. The molecule has 0 aliphatic rings. The molecule has 4 nitrogen and oxygen atoms in total. The largest absolute Gasteiger partial charge is 0.396 e. The standard InChI is InChI=1S/C38H70O4/c1-31-26-33(36(2,3)4)32(34(27-31)37(5,6)7)24-22-20-18-16-14-12-10-8-9-11-13-15-17-19-21-23-25-35(42)38(28-39,29-40)30-41/h26-27,35,39-42H,8-25,28-30H2,1-7H3. The van der Waals surface area contributed by atoms with Crippen LogP contribution in [0.4, 0.5) is 0 Å². The zero-order chi connectivity index (χ0) is 31.7. The zero-order valence-electron chi connectivity index (χ0n) is 28.9. The van der Waals surface area contributed by atoms with Crippen LogP contribution < -0.4 is 0 Å². The normalized spacial score (nSPS) is 13.6. The minimum atomic E-state index is -1.17. The molecule has 0 saturated heterocycles. The molecule has 0 aromatic heterocycles. The Hall–Kier alpha value is -0.940. The summed E-state index contributed by atoms with van der Waals surface area (Å²) in [4.78, 5) is 0. The highest BCUT2D eigenvalue weighted by Gasteiger charge is 2.36. The molecule has 0 amide bonds. The lowest BCUT2D eigenvalue weighted by molar-refractivity contribution is -0.0863. The number of aliphatic hydroxyl groups excluding tert-OH is 4. The van der Waals surface area contributed by atoms with E-state index in [1.807, 2.05) is 0 Å². The highest BCUT2D eigenvalue weighted by atomic mass is 16.3. The van der Waals surface area contributed by atoms with Gasteiger partial charge in [0.1, 0.15) is 0 Å². The average molecular weight is 591 g/mol. The number of benzene rings is 1. The van der Waals surface area contributed by atoms with Gasteiger partial charge in [-0.3, -0.25) is 0 Å². The first-order chi connectivity index (χ1) is 19.8. The number of aliphatic hydroxyl groups is 4. The van der Waals surface area contributed by atoms with Crippen LogP contribution in [0.5, 0.6) is 0 Å². The molecule has 0 fully saturated rings. The predicted molar refractivity (Wildman–Crippen MR) is 180 cm³/mol. The molecular weight excluding hydrogens is 520 g/mol. The summed E-state index contributed by atoms with van der Waals surface area (Å²) in [6, 6.07) is 4.87. The van der Waals surface area contributed by atoms with E-state index in [0.717, 1.165) is 19.3 Å². The summed E-state index contributed by atoms with van der Waals surface area (Å²) in [6.45, 7) is 15.2. The fourth-order valence-corrected chi connectivity index (χ4v) is 6.31. The van der Waals surface area contributed by atoms with Crippen LogP contribution in [0.15, 0.2) is 12.1 Å². The number of hydrogen-bond donors (Lipinski definition) is 4. The Kier molecular flexibility index (Phi) is 18.8. The smallest absolute Gasteiger partial charge is 0.0662 e. The van der Waals surface area contributed by atoms with Gasteiger partial charge in [-0.2, -0.15) is 0 Å². The summed E-state index contributed by atoms with van der Waals surface area (Å²) in [6.07, 6.45) is 21.4. The second kappa shape index (κ2) is 20.2. The molecule has 0 saturated carbocycles. The third-order valence-corrected chi connectivity index (χ3v) is 9.32. The number of hydrogen-bond acceptors (Lipinski definition) is 4. The second-order valence-corrected chi connectivity index (χ2v) is 15.4. The first-order valence-corrected chi connectivity index (χ1v) is 17.5. The van der Waals surface area contributed by atoms with Crippen molar-refractivity contribution in [1.82, 2.24) is 0 Å². The van der Waals surface area contributed by atoms with Gasteiger partial charge in [-0.25, -0.2) is 0 Å². The first kappa shape index (κ1) is 39.1. The Labute approximate surface area is 260 Å². The molecular formula is C38H70O4. The summed E-state index contributed by atoms with van der Waals surface area (Å²) < 4.78 is 0. The van der Waals surface area contributed by atoms with Crippen molar-refractivity contribution in [3.8, 4) is 0 Å². The van der Waals surface area contributed by atoms with E-state index >= 15 is 0 Å². The minimum absolute atomic E-state index is 0.187. The van der Waals surface area contributed by atoms with E-state index in [1.54, 1.807) is 16.7 Å². The van der Waals surface area contributed by atoms with Gasteiger partial charge in [0, 0.05) is 0 Å². The molecule has 0 radical (unpaired) electrons. The number of rotatable bonds is 23. The minimum Gasteiger partial charge on any atom is -0.396 e. The molecule has 1 aromatic rings. The first-order valence-electron chi connectivity index (χ1n) is 17.5. The molecule has 0 aliphatic heterocycles. The van der Waals surface area contributed by atoms with E-state index in [-0.39, 0.29) is 10.8 Å². The lowest BCUT2D eigenvalue weighted by atomic mass is 9.74. The van der Waals surface area contributed by atoms with Crippen LogP contribution in [0.3, 0.4) is 0 Å². The van der Waals surface area contributed by atoms with Crippen molar-refractivity contribution in [2.75, 3.05) is 19.8 Å². The van der Waals surface area contributed by atoms with Gasteiger partial charge < -0.3 is 20.4 Å². The Bertz CT molecular complexity index is 785. The predicted octanol–water partition coefficient (Wildman–Crippen LogP) is 9.09. The van der Waals surface area contributed by atoms with Crippen LogP contribution in [-0.4, -0.2) is 46.4 Å². The highest BCUT2D eigenvalue weighted by Crippen LogP contribution is 2.36. The van der Waals surface area contributed by atoms with Crippen molar-refractivity contribution in [3.63, 3.8) is 0 Å². The van der Waals surface area contributed by atoms with Gasteiger partial charge >= 0.3 is 0 Å². The van der Waals surface area contributed by atoms with Crippen molar-refractivity contribution in [2.24, 2.45) is 5.41 Å². The van der Waals surface area contributed by atoms with E-state index in [2.05, 4.69) is 60.6 Å². The SMILES string of the molecule is Cc1cc(C(C)(C)C)c(CCCCCCCCCCCCCCCCCCC(O)C(CO)(CO)CO)c(C(C)(C)C)c1. The maximum absolute atomic E-state index is 10.2. The zero-order valence-corrected chi connectivity index (χ0v) is 28.9. The Morgan fingerprint density at radius 1 is 0.524 bits per heavy atom. The van der Waals surface area contributed by atoms with Crippen LogP contribution in [0.25, 0.3) is 0 Å². The van der Waals surface area contributed by atoms with Crippen LogP contribution in [-0.2, 0) is 17.3 Å². The molecule has 1 rings (SSSR count). The molecule has 0 bridgehead atoms. The van der Waals surface area contributed by atoms with Gasteiger partial charge in [0.25, 0.3) is 0 Å². The molecule has 0 spiro atoms. The highest BCUT2D eigenvalue weighted by molar-refractivity contribution is 5.45. The Morgan fingerprint density at radius 3 is 1.14 bits per heavy atom. The monoisotopic (exact) mass is 591 g/mol. The van der Waals surface area contributed by atoms with Crippen LogP contribution >= 0.6 is 0 Å². The summed E-state index contributed by atoms with van der Waals surface area (Å²) >= 11 is 0. The Balaban J connectivity index is 2.08. The molecule has 4 N–H and O–H groups in total. The maximum Gasteiger partial charge on any atom is 0.0662 e. The topological polar surface area (TPSA) is 80.9 Å². The molecule has 0 aliphatic carbocycles. The van der Waals surface area contributed by atoms with Crippen molar-refractivity contribution < 1.29 is 20.4 Å². The van der Waals surface area contributed by atoms with E-state index in [4.69, 9.17) is 0 Å². The van der Waals surface area contributed by atoms with Gasteiger partial charge in [-0.05, 0) is 53.7 Å². The second-order valence-electron chi connectivity index (χ2n) is 15.4. The van der Waals surface area contributed by atoms with Crippen LogP contribution in [0.2, 0.25) is 0 Å². The van der Waals surface area contributed by atoms with E-state index in [0.29, 0.717) is 6.42 Å². The third-order valence-electron chi connectivity index (χ3n) is 9.32. The molecule has 246 valence electrons. The van der Waals surface area contributed by atoms with Crippen molar-refractivity contribution in [1.29, 1.82) is 0 Å². The molecule has 1 atom stereocenters. The van der Waals surface area contributed by atoms with Crippen molar-refractivity contribution in [2.45, 2.75) is 181 Å². The number of aryl methyl sites for hydroxylation is 1. The fourth-order valence-electron chi connectivity index (χ4n) is 6.31. The van der Waals surface area contributed by atoms with E-state index in [1.165, 1.54) is 95.5 Å². The molecule has 1 aromatic carbocycles. The quantitative estimate of drug-likeness (QED) is 0.0958. The van der Waals surface area contributed by atoms with Gasteiger partial charge in [-0.1, -0.05) is 156 Å². The van der Waals surface area contributed by atoms with Gasteiger partial charge in [0.2, 0.25) is 0 Å². The third kappa shape index (κ3) is 14.2.